The number of aromatic hydroxyl groups is 1. The number of ether oxygens (including phenoxy) is 2. The van der Waals surface area contributed by atoms with E-state index in [-0.39, 0.29) is 38.4 Å². The highest BCUT2D eigenvalue weighted by atomic mass is 19.1. The smallest absolute Gasteiger partial charge is 0.303 e. The number of phenols is 1. The summed E-state index contributed by atoms with van der Waals surface area (Å²) in [7, 11) is 3.24. The molecule has 3 aromatic carbocycles. The van der Waals surface area contributed by atoms with Crippen LogP contribution in [0.2, 0.25) is 0 Å². The number of aliphatic carboxylic acids is 2. The van der Waals surface area contributed by atoms with Gasteiger partial charge in [0.25, 0.3) is 5.91 Å². The van der Waals surface area contributed by atoms with Gasteiger partial charge in [-0.3, -0.25) is 14.4 Å². The second-order valence-corrected chi connectivity index (χ2v) is 9.84. The van der Waals surface area contributed by atoms with E-state index in [9.17, 15) is 29.0 Å². The van der Waals surface area contributed by atoms with Crippen molar-refractivity contribution in [1.82, 2.24) is 4.90 Å². The Kier molecular flexibility index (Phi) is 11.1. The molecule has 222 valence electrons. The lowest BCUT2D eigenvalue weighted by Crippen LogP contribution is -2.21. The van der Waals surface area contributed by atoms with Crippen LogP contribution in [0.25, 0.3) is 16.7 Å². The largest absolute Gasteiger partial charge is 0.505 e. The van der Waals surface area contributed by atoms with E-state index < -0.39 is 23.5 Å². The number of phenolic OH excluding ortho intramolecular Hbond substituents is 1. The molecule has 10 heteroatoms. The van der Waals surface area contributed by atoms with Gasteiger partial charge >= 0.3 is 11.9 Å². The zero-order valence-corrected chi connectivity index (χ0v) is 23.6. The first kappa shape index (κ1) is 31.7. The van der Waals surface area contributed by atoms with Crippen molar-refractivity contribution in [3.8, 4) is 28.4 Å². The highest BCUT2D eigenvalue weighted by Crippen LogP contribution is 2.32. The van der Waals surface area contributed by atoms with Gasteiger partial charge in [0.2, 0.25) is 0 Å². The zero-order valence-electron chi connectivity index (χ0n) is 23.6. The van der Waals surface area contributed by atoms with E-state index in [2.05, 4.69) is 6.58 Å². The minimum atomic E-state index is -0.965. The quantitative estimate of drug-likeness (QED) is 0.197. The van der Waals surface area contributed by atoms with Gasteiger partial charge in [-0.15, -0.1) is 0 Å². The normalized spacial score (nSPS) is 10.6. The fraction of sp³-hybridized carbons (Fsp3) is 0.281. The van der Waals surface area contributed by atoms with Crippen LogP contribution in [0.5, 0.6) is 17.2 Å². The molecule has 0 unspecified atom stereocenters. The summed E-state index contributed by atoms with van der Waals surface area (Å²) < 4.78 is 25.4. The summed E-state index contributed by atoms with van der Waals surface area (Å²) in [6.45, 7) is 4.52. The number of carbonyl (C=O) groups excluding carboxylic acids is 1. The SMILES string of the molecule is C=C(CCOc1cc(C(=O)N(C)C)cc(-c2ccc(F)c(O)c2)c1)c1cccc(OCCCC(=O)O)c1CCC(=O)O. The van der Waals surface area contributed by atoms with Crippen LogP contribution >= 0.6 is 0 Å². The molecule has 0 aliphatic rings. The predicted octanol–water partition coefficient (Wildman–Crippen LogP) is 5.64. The number of carboxylic acids is 2. The number of amides is 1. The topological polar surface area (TPSA) is 134 Å². The van der Waals surface area contributed by atoms with E-state index in [1.54, 1.807) is 44.4 Å². The molecule has 42 heavy (non-hydrogen) atoms. The van der Waals surface area contributed by atoms with Crippen LogP contribution in [0.3, 0.4) is 0 Å². The van der Waals surface area contributed by atoms with Crippen molar-refractivity contribution < 1.29 is 43.6 Å². The summed E-state index contributed by atoms with van der Waals surface area (Å²) >= 11 is 0. The van der Waals surface area contributed by atoms with Crippen molar-refractivity contribution in [3.63, 3.8) is 0 Å². The summed E-state index contributed by atoms with van der Waals surface area (Å²) in [6, 6.07) is 14.1. The van der Waals surface area contributed by atoms with E-state index in [0.717, 1.165) is 11.6 Å². The van der Waals surface area contributed by atoms with Gasteiger partial charge in [-0.05, 0) is 71.5 Å². The third-order valence-electron chi connectivity index (χ3n) is 6.41. The molecule has 3 aromatic rings. The number of halogens is 1. The lowest BCUT2D eigenvalue weighted by molar-refractivity contribution is -0.138. The molecule has 1 amide bonds. The first-order valence-electron chi connectivity index (χ1n) is 13.3. The van der Waals surface area contributed by atoms with E-state index in [1.807, 2.05) is 6.07 Å². The number of rotatable bonds is 15. The number of carboxylic acid groups (broad SMARTS) is 2. The van der Waals surface area contributed by atoms with E-state index in [4.69, 9.17) is 14.6 Å². The van der Waals surface area contributed by atoms with Gasteiger partial charge in [-0.1, -0.05) is 24.8 Å². The van der Waals surface area contributed by atoms with Crippen LogP contribution in [0.1, 0.15) is 47.2 Å². The second kappa shape index (κ2) is 14.7. The maximum absolute atomic E-state index is 13.6. The number of hydrogen-bond donors (Lipinski definition) is 3. The van der Waals surface area contributed by atoms with Gasteiger partial charge in [0, 0.05) is 44.5 Å². The molecule has 0 aromatic heterocycles. The second-order valence-electron chi connectivity index (χ2n) is 9.84. The summed E-state index contributed by atoms with van der Waals surface area (Å²) in [6.07, 6.45) is 0.700. The summed E-state index contributed by atoms with van der Waals surface area (Å²) in [5.41, 5.74) is 3.46. The van der Waals surface area contributed by atoms with Crippen LogP contribution in [0, 0.1) is 5.82 Å². The fourth-order valence-corrected chi connectivity index (χ4v) is 4.28. The highest BCUT2D eigenvalue weighted by Gasteiger charge is 2.16. The predicted molar refractivity (Wildman–Crippen MR) is 155 cm³/mol. The number of hydrogen-bond acceptors (Lipinski definition) is 6. The molecule has 3 rings (SSSR count). The molecular formula is C32H34FNO8. The zero-order chi connectivity index (χ0) is 30.8. The van der Waals surface area contributed by atoms with Crippen molar-refractivity contribution in [2.45, 2.75) is 32.1 Å². The first-order valence-corrected chi connectivity index (χ1v) is 13.3. The molecule has 0 atom stereocenters. The lowest BCUT2D eigenvalue weighted by atomic mass is 9.95. The molecule has 0 bridgehead atoms. The molecule has 0 saturated carbocycles. The Balaban J connectivity index is 1.80. The van der Waals surface area contributed by atoms with Crippen LogP contribution in [0.4, 0.5) is 4.39 Å². The number of benzene rings is 3. The Hall–Kier alpha value is -4.86. The Morgan fingerprint density at radius 3 is 2.29 bits per heavy atom. The van der Waals surface area contributed by atoms with Crippen molar-refractivity contribution in [2.24, 2.45) is 0 Å². The van der Waals surface area contributed by atoms with Gasteiger partial charge in [0.1, 0.15) is 11.5 Å². The van der Waals surface area contributed by atoms with Crippen molar-refractivity contribution in [2.75, 3.05) is 27.3 Å². The van der Waals surface area contributed by atoms with E-state index >= 15 is 0 Å². The Labute approximate surface area is 243 Å². The van der Waals surface area contributed by atoms with Crippen LogP contribution in [-0.2, 0) is 16.0 Å². The Morgan fingerprint density at radius 2 is 1.62 bits per heavy atom. The molecule has 9 nitrogen and oxygen atoms in total. The summed E-state index contributed by atoms with van der Waals surface area (Å²) in [5, 5.41) is 28.0. The number of carbonyl (C=O) groups is 3. The van der Waals surface area contributed by atoms with Crippen LogP contribution in [-0.4, -0.2) is 65.4 Å². The molecule has 3 N–H and O–H groups in total. The maximum Gasteiger partial charge on any atom is 0.303 e. The number of nitrogens with zero attached hydrogens (tertiary/aromatic N) is 1. The average molecular weight is 580 g/mol. The molecule has 0 heterocycles. The Morgan fingerprint density at radius 1 is 0.881 bits per heavy atom. The molecule has 0 spiro atoms. The van der Waals surface area contributed by atoms with Crippen molar-refractivity contribution in [1.29, 1.82) is 0 Å². The third kappa shape index (κ3) is 8.82. The summed E-state index contributed by atoms with van der Waals surface area (Å²) in [5.74, 6) is -2.56. The van der Waals surface area contributed by atoms with Gasteiger partial charge in [0.05, 0.1) is 13.2 Å². The third-order valence-corrected chi connectivity index (χ3v) is 6.41. The van der Waals surface area contributed by atoms with E-state index in [0.29, 0.717) is 52.2 Å². The fourth-order valence-electron chi connectivity index (χ4n) is 4.28. The minimum absolute atomic E-state index is 0.0421. The Bertz CT molecular complexity index is 1470. The average Bonchev–Trinajstić information content (AvgIpc) is 2.94. The molecule has 0 radical (unpaired) electrons. The molecule has 0 aliphatic carbocycles. The van der Waals surface area contributed by atoms with Gasteiger partial charge in [0.15, 0.2) is 11.6 Å². The highest BCUT2D eigenvalue weighted by molar-refractivity contribution is 5.95. The van der Waals surface area contributed by atoms with Crippen molar-refractivity contribution in [3.05, 3.63) is 83.7 Å². The van der Waals surface area contributed by atoms with Gasteiger partial charge < -0.3 is 29.7 Å². The molecule has 0 fully saturated rings. The monoisotopic (exact) mass is 579 g/mol. The van der Waals surface area contributed by atoms with Crippen LogP contribution in [0.15, 0.2) is 61.2 Å². The van der Waals surface area contributed by atoms with Gasteiger partial charge in [-0.2, -0.15) is 0 Å². The standard InChI is InChI=1S/C32H34FNO8/c1-20(25-6-4-7-29(26(25)10-12-31(38)39)42-14-5-8-30(36)37)13-15-41-24-17-22(16-23(18-24)32(40)34(2)3)21-9-11-27(33)28(35)19-21/h4,6-7,9,11,16-19,35H,1,5,8,10,12-15H2,2-3H3,(H,36,37)(H,38,39). The molecule has 0 saturated heterocycles. The lowest BCUT2D eigenvalue weighted by Gasteiger charge is -2.18. The molecular weight excluding hydrogens is 545 g/mol. The van der Waals surface area contributed by atoms with Crippen LogP contribution < -0.4 is 9.47 Å². The minimum Gasteiger partial charge on any atom is -0.505 e. The molecule has 0 aliphatic heterocycles. The maximum atomic E-state index is 13.6. The first-order chi connectivity index (χ1) is 20.0. The summed E-state index contributed by atoms with van der Waals surface area (Å²) in [4.78, 5) is 36.3. The van der Waals surface area contributed by atoms with E-state index in [1.165, 1.54) is 17.0 Å². The van der Waals surface area contributed by atoms with Crippen molar-refractivity contribution >= 4 is 23.4 Å². The van der Waals surface area contributed by atoms with Gasteiger partial charge in [-0.25, -0.2) is 4.39 Å².